The summed E-state index contributed by atoms with van der Waals surface area (Å²) in [6, 6.07) is 11.2. The molecular formula is C23H23ClN4O3S. The first-order chi connectivity index (χ1) is 15.5. The van der Waals surface area contributed by atoms with Crippen LogP contribution in [0.1, 0.15) is 31.5 Å². The van der Waals surface area contributed by atoms with Crippen LogP contribution in [0.5, 0.6) is 11.5 Å². The van der Waals surface area contributed by atoms with E-state index >= 15 is 0 Å². The molecular weight excluding hydrogens is 448 g/mol. The standard InChI is InChI=1S/C23H23ClN4O3S/c1-5-8-16-21(13(2)25-17-12-18(30-3)14(24)11-19(17)31-4)22(29)28(27-16)23-26-15-9-6-7-10-20(15)32-23/h6-7,9-12,27H,5,8H2,1-4H3. The Labute approximate surface area is 194 Å². The highest BCUT2D eigenvalue weighted by molar-refractivity contribution is 7.20. The van der Waals surface area contributed by atoms with Gasteiger partial charge < -0.3 is 9.47 Å². The average molecular weight is 471 g/mol. The lowest BCUT2D eigenvalue weighted by Crippen LogP contribution is -2.19. The van der Waals surface area contributed by atoms with Crippen molar-refractivity contribution in [2.45, 2.75) is 26.7 Å². The Balaban J connectivity index is 1.85. The number of benzene rings is 2. The number of nitrogens with zero attached hydrogens (tertiary/aromatic N) is 3. The van der Waals surface area contributed by atoms with Crippen molar-refractivity contribution in [3.05, 3.63) is 63.0 Å². The molecule has 166 valence electrons. The molecule has 0 aliphatic carbocycles. The Hall–Kier alpha value is -3.10. The molecule has 7 nitrogen and oxygen atoms in total. The minimum Gasteiger partial charge on any atom is -0.495 e. The van der Waals surface area contributed by atoms with Crippen LogP contribution in [0.2, 0.25) is 5.02 Å². The quantitative estimate of drug-likeness (QED) is 0.359. The van der Waals surface area contributed by atoms with Crippen molar-refractivity contribution in [2.75, 3.05) is 14.2 Å². The van der Waals surface area contributed by atoms with Crippen molar-refractivity contribution in [1.29, 1.82) is 0 Å². The second-order valence-corrected chi connectivity index (χ2v) is 8.59. The van der Waals surface area contributed by atoms with Gasteiger partial charge in [-0.3, -0.25) is 9.89 Å². The Bertz CT molecular complexity index is 1340. The molecule has 0 atom stereocenters. The van der Waals surface area contributed by atoms with E-state index in [1.54, 1.807) is 19.2 Å². The van der Waals surface area contributed by atoms with Crippen LogP contribution in [0.3, 0.4) is 0 Å². The summed E-state index contributed by atoms with van der Waals surface area (Å²) >= 11 is 7.68. The van der Waals surface area contributed by atoms with E-state index in [0.29, 0.717) is 45.0 Å². The van der Waals surface area contributed by atoms with Crippen molar-refractivity contribution in [2.24, 2.45) is 4.99 Å². The van der Waals surface area contributed by atoms with Crippen LogP contribution >= 0.6 is 22.9 Å². The van der Waals surface area contributed by atoms with E-state index < -0.39 is 0 Å². The van der Waals surface area contributed by atoms with Crippen LogP contribution in [0.4, 0.5) is 5.69 Å². The number of aryl methyl sites for hydroxylation is 1. The van der Waals surface area contributed by atoms with Gasteiger partial charge in [-0.2, -0.15) is 4.68 Å². The molecule has 2 aromatic carbocycles. The second-order valence-electron chi connectivity index (χ2n) is 7.18. The first kappa shape index (κ1) is 22.1. The van der Waals surface area contributed by atoms with Crippen molar-refractivity contribution in [1.82, 2.24) is 14.8 Å². The topological polar surface area (TPSA) is 81.5 Å². The highest BCUT2D eigenvalue weighted by Crippen LogP contribution is 2.38. The van der Waals surface area contributed by atoms with E-state index in [0.717, 1.165) is 22.3 Å². The molecule has 9 heteroatoms. The van der Waals surface area contributed by atoms with E-state index in [4.69, 9.17) is 26.1 Å². The zero-order chi connectivity index (χ0) is 22.8. The van der Waals surface area contributed by atoms with Gasteiger partial charge in [0.25, 0.3) is 5.56 Å². The molecule has 4 aromatic rings. The van der Waals surface area contributed by atoms with Crippen LogP contribution in [0, 0.1) is 0 Å². The number of thiazole rings is 1. The Morgan fingerprint density at radius 1 is 1.22 bits per heavy atom. The maximum absolute atomic E-state index is 13.4. The van der Waals surface area contributed by atoms with E-state index in [1.807, 2.05) is 31.2 Å². The number of fused-ring (bicyclic) bond motifs is 1. The van der Waals surface area contributed by atoms with Gasteiger partial charge >= 0.3 is 0 Å². The summed E-state index contributed by atoms with van der Waals surface area (Å²) in [5.74, 6) is 0.975. The molecule has 0 unspecified atom stereocenters. The fourth-order valence-electron chi connectivity index (χ4n) is 3.55. The van der Waals surface area contributed by atoms with Crippen LogP contribution in [0.25, 0.3) is 15.3 Å². The van der Waals surface area contributed by atoms with Gasteiger partial charge in [0.05, 0.1) is 40.7 Å². The van der Waals surface area contributed by atoms with Crippen molar-refractivity contribution in [3.63, 3.8) is 0 Å². The molecule has 0 aliphatic heterocycles. The molecule has 0 saturated heterocycles. The number of aromatic nitrogens is 3. The molecule has 0 spiro atoms. The number of hydrogen-bond acceptors (Lipinski definition) is 6. The van der Waals surface area contributed by atoms with Crippen molar-refractivity contribution >= 4 is 44.6 Å². The number of methoxy groups -OCH3 is 2. The first-order valence-corrected chi connectivity index (χ1v) is 11.3. The SMILES string of the molecule is CCCc1[nH]n(-c2nc3ccccc3s2)c(=O)c1C(C)=Nc1cc(OC)c(Cl)cc1OC. The molecule has 0 aliphatic rings. The molecule has 0 saturated carbocycles. The number of ether oxygens (including phenoxy) is 2. The summed E-state index contributed by atoms with van der Waals surface area (Å²) in [4.78, 5) is 22.8. The highest BCUT2D eigenvalue weighted by atomic mass is 35.5. The third kappa shape index (κ3) is 4.03. The molecule has 1 N–H and O–H groups in total. The predicted molar refractivity (Wildman–Crippen MR) is 130 cm³/mol. The smallest absolute Gasteiger partial charge is 0.282 e. The second kappa shape index (κ2) is 9.18. The maximum Gasteiger partial charge on any atom is 0.282 e. The molecule has 2 aromatic heterocycles. The number of aliphatic imine (C=N–C) groups is 1. The van der Waals surface area contributed by atoms with Gasteiger partial charge in [0.1, 0.15) is 17.2 Å². The molecule has 4 rings (SSSR count). The van der Waals surface area contributed by atoms with E-state index in [1.165, 1.54) is 23.1 Å². The lowest BCUT2D eigenvalue weighted by Gasteiger charge is -2.10. The molecule has 0 fully saturated rings. The fraction of sp³-hybridized carbons (Fsp3) is 0.261. The average Bonchev–Trinajstić information content (AvgIpc) is 3.35. The van der Waals surface area contributed by atoms with Gasteiger partial charge in [-0.05, 0) is 25.5 Å². The Morgan fingerprint density at radius 3 is 2.66 bits per heavy atom. The van der Waals surface area contributed by atoms with Crippen molar-refractivity contribution < 1.29 is 9.47 Å². The largest absolute Gasteiger partial charge is 0.495 e. The molecule has 0 bridgehead atoms. The number of aromatic amines is 1. The van der Waals surface area contributed by atoms with Crippen LogP contribution in [-0.2, 0) is 6.42 Å². The predicted octanol–water partition coefficient (Wildman–Crippen LogP) is 5.54. The fourth-order valence-corrected chi connectivity index (χ4v) is 4.70. The number of H-pyrrole nitrogens is 1. The van der Waals surface area contributed by atoms with Gasteiger partial charge in [0.15, 0.2) is 0 Å². The molecule has 0 radical (unpaired) electrons. The Kier molecular flexibility index (Phi) is 6.34. The summed E-state index contributed by atoms with van der Waals surface area (Å²) in [5.41, 5.74) is 3.11. The van der Waals surface area contributed by atoms with Crippen LogP contribution < -0.4 is 15.0 Å². The highest BCUT2D eigenvalue weighted by Gasteiger charge is 2.20. The monoisotopic (exact) mass is 470 g/mol. The Morgan fingerprint density at radius 2 is 1.97 bits per heavy atom. The number of halogens is 1. The lowest BCUT2D eigenvalue weighted by molar-refractivity contribution is 0.404. The van der Waals surface area contributed by atoms with E-state index in [9.17, 15) is 4.79 Å². The molecule has 2 heterocycles. The first-order valence-electron chi connectivity index (χ1n) is 10.1. The zero-order valence-corrected chi connectivity index (χ0v) is 19.8. The van der Waals surface area contributed by atoms with Crippen LogP contribution in [-0.4, -0.2) is 34.7 Å². The molecule has 0 amide bonds. The van der Waals surface area contributed by atoms with Gasteiger partial charge in [-0.15, -0.1) is 0 Å². The normalized spacial score (nSPS) is 11.8. The van der Waals surface area contributed by atoms with Gasteiger partial charge in [0.2, 0.25) is 5.13 Å². The minimum atomic E-state index is -0.186. The van der Waals surface area contributed by atoms with E-state index in [-0.39, 0.29) is 5.56 Å². The lowest BCUT2D eigenvalue weighted by atomic mass is 10.1. The van der Waals surface area contributed by atoms with Gasteiger partial charge in [0, 0.05) is 17.8 Å². The number of nitrogens with one attached hydrogen (secondary N) is 1. The van der Waals surface area contributed by atoms with Gasteiger partial charge in [-0.1, -0.05) is 48.4 Å². The van der Waals surface area contributed by atoms with Crippen LogP contribution in [0.15, 0.2) is 46.2 Å². The third-order valence-electron chi connectivity index (χ3n) is 5.04. The van der Waals surface area contributed by atoms with E-state index in [2.05, 4.69) is 17.0 Å². The summed E-state index contributed by atoms with van der Waals surface area (Å²) in [6.45, 7) is 3.88. The minimum absolute atomic E-state index is 0.186. The maximum atomic E-state index is 13.4. The summed E-state index contributed by atoms with van der Waals surface area (Å²) in [6.07, 6.45) is 1.58. The number of rotatable bonds is 7. The number of hydrogen-bond donors (Lipinski definition) is 1. The summed E-state index contributed by atoms with van der Waals surface area (Å²) in [5, 5.41) is 4.27. The summed E-state index contributed by atoms with van der Waals surface area (Å²) < 4.78 is 13.3. The van der Waals surface area contributed by atoms with Gasteiger partial charge in [-0.25, -0.2) is 9.98 Å². The summed E-state index contributed by atoms with van der Waals surface area (Å²) in [7, 11) is 3.08. The van der Waals surface area contributed by atoms with Crippen molar-refractivity contribution in [3.8, 4) is 16.6 Å². The zero-order valence-electron chi connectivity index (χ0n) is 18.2. The number of para-hydroxylation sites is 1. The molecule has 32 heavy (non-hydrogen) atoms. The third-order valence-corrected chi connectivity index (χ3v) is 6.36.